The lowest BCUT2D eigenvalue weighted by Gasteiger charge is -2.09. The zero-order chi connectivity index (χ0) is 13.2. The maximum atomic E-state index is 11.9. The summed E-state index contributed by atoms with van der Waals surface area (Å²) in [4.78, 5) is 10.8. The normalized spacial score (nSPS) is 20.1. The SMILES string of the molecule is O=C(O)c1occc1CS(=O)(=O)CC1CCCO1. The van der Waals surface area contributed by atoms with Gasteiger partial charge in [-0.05, 0) is 18.9 Å². The smallest absolute Gasteiger partial charge is 0.372 e. The topological polar surface area (TPSA) is 93.8 Å². The van der Waals surface area contributed by atoms with Crippen LogP contribution in [0.5, 0.6) is 0 Å². The molecule has 2 rings (SSSR count). The maximum absolute atomic E-state index is 11.9. The highest BCUT2D eigenvalue weighted by Gasteiger charge is 2.26. The van der Waals surface area contributed by atoms with Gasteiger partial charge in [0.25, 0.3) is 0 Å². The first-order valence-corrected chi connectivity index (χ1v) is 7.42. The summed E-state index contributed by atoms with van der Waals surface area (Å²) in [5, 5.41) is 8.82. The second-order valence-electron chi connectivity index (χ2n) is 4.27. The summed E-state index contributed by atoms with van der Waals surface area (Å²) in [6, 6.07) is 1.37. The van der Waals surface area contributed by atoms with Crippen molar-refractivity contribution in [3.05, 3.63) is 23.7 Å². The van der Waals surface area contributed by atoms with Crippen molar-refractivity contribution in [2.75, 3.05) is 12.4 Å². The van der Waals surface area contributed by atoms with Crippen LogP contribution in [-0.2, 0) is 20.3 Å². The molecular weight excluding hydrogens is 260 g/mol. The Labute approximate surface area is 104 Å². The van der Waals surface area contributed by atoms with E-state index in [0.29, 0.717) is 6.61 Å². The van der Waals surface area contributed by atoms with Gasteiger partial charge in [-0.15, -0.1) is 0 Å². The number of rotatable bonds is 5. The van der Waals surface area contributed by atoms with Crippen LogP contribution in [0.25, 0.3) is 0 Å². The van der Waals surface area contributed by atoms with Gasteiger partial charge in [-0.1, -0.05) is 0 Å². The first kappa shape index (κ1) is 13.1. The van der Waals surface area contributed by atoms with Crippen LogP contribution in [0.4, 0.5) is 0 Å². The molecule has 0 amide bonds. The van der Waals surface area contributed by atoms with E-state index in [1.807, 2.05) is 0 Å². The number of sulfone groups is 1. The Morgan fingerprint density at radius 2 is 2.28 bits per heavy atom. The number of carbonyl (C=O) groups is 1. The minimum Gasteiger partial charge on any atom is -0.475 e. The van der Waals surface area contributed by atoms with E-state index in [1.54, 1.807) is 0 Å². The van der Waals surface area contributed by atoms with Crippen LogP contribution in [0, 0.1) is 0 Å². The summed E-state index contributed by atoms with van der Waals surface area (Å²) >= 11 is 0. The van der Waals surface area contributed by atoms with E-state index in [9.17, 15) is 13.2 Å². The summed E-state index contributed by atoms with van der Waals surface area (Å²) in [6.45, 7) is 0.590. The number of ether oxygens (including phenoxy) is 1. The van der Waals surface area contributed by atoms with Gasteiger partial charge < -0.3 is 14.3 Å². The summed E-state index contributed by atoms with van der Waals surface area (Å²) in [7, 11) is -3.39. The van der Waals surface area contributed by atoms with Gasteiger partial charge >= 0.3 is 5.97 Å². The molecular formula is C11H14O6S. The second-order valence-corrected chi connectivity index (χ2v) is 6.38. The standard InChI is InChI=1S/C11H14O6S/c12-11(13)10-8(3-5-17-10)6-18(14,15)7-9-2-1-4-16-9/h3,5,9H,1-2,4,6-7H2,(H,12,13). The van der Waals surface area contributed by atoms with Crippen LogP contribution >= 0.6 is 0 Å². The van der Waals surface area contributed by atoms with Gasteiger partial charge in [-0.3, -0.25) is 0 Å². The van der Waals surface area contributed by atoms with Gasteiger partial charge in [0, 0.05) is 12.2 Å². The highest BCUT2D eigenvalue weighted by atomic mass is 32.2. The highest BCUT2D eigenvalue weighted by Crippen LogP contribution is 2.19. The van der Waals surface area contributed by atoms with E-state index in [2.05, 4.69) is 0 Å². The third-order valence-corrected chi connectivity index (χ3v) is 4.41. The predicted octanol–water partition coefficient (Wildman–Crippen LogP) is 1.07. The first-order chi connectivity index (χ1) is 8.48. The molecule has 1 N–H and O–H groups in total. The summed E-state index contributed by atoms with van der Waals surface area (Å²) < 4.78 is 33.8. The molecule has 0 aromatic carbocycles. The second kappa shape index (κ2) is 5.11. The van der Waals surface area contributed by atoms with Crippen molar-refractivity contribution in [1.29, 1.82) is 0 Å². The van der Waals surface area contributed by atoms with Gasteiger partial charge in [0.05, 0.1) is 23.9 Å². The minimum atomic E-state index is -3.39. The number of hydrogen-bond acceptors (Lipinski definition) is 5. The largest absolute Gasteiger partial charge is 0.475 e. The molecule has 1 aromatic rings. The molecule has 6 nitrogen and oxygen atoms in total. The van der Waals surface area contributed by atoms with E-state index in [-0.39, 0.29) is 28.9 Å². The summed E-state index contributed by atoms with van der Waals surface area (Å²) in [6.07, 6.45) is 2.51. The molecule has 1 unspecified atom stereocenters. The number of carboxylic acid groups (broad SMARTS) is 1. The Balaban J connectivity index is 2.07. The third-order valence-electron chi connectivity index (χ3n) is 2.78. The quantitative estimate of drug-likeness (QED) is 0.863. The van der Waals surface area contributed by atoms with Gasteiger partial charge in [-0.25, -0.2) is 13.2 Å². The molecule has 1 atom stereocenters. The first-order valence-electron chi connectivity index (χ1n) is 5.59. The van der Waals surface area contributed by atoms with Gasteiger partial charge in [0.15, 0.2) is 9.84 Å². The number of furan rings is 1. The van der Waals surface area contributed by atoms with Crippen molar-refractivity contribution in [3.63, 3.8) is 0 Å². The molecule has 0 bridgehead atoms. The fourth-order valence-electron chi connectivity index (χ4n) is 1.99. The molecule has 1 aromatic heterocycles. The van der Waals surface area contributed by atoms with E-state index >= 15 is 0 Å². The Kier molecular flexibility index (Phi) is 3.72. The molecule has 0 spiro atoms. The average molecular weight is 274 g/mol. The van der Waals surface area contributed by atoms with Gasteiger partial charge in [0.1, 0.15) is 0 Å². The van der Waals surface area contributed by atoms with Crippen molar-refractivity contribution in [2.45, 2.75) is 24.7 Å². The third kappa shape index (κ3) is 3.11. The zero-order valence-electron chi connectivity index (χ0n) is 9.66. The lowest BCUT2D eigenvalue weighted by Crippen LogP contribution is -2.21. The van der Waals surface area contributed by atoms with Gasteiger partial charge in [0.2, 0.25) is 5.76 Å². The van der Waals surface area contributed by atoms with Crippen LogP contribution in [0.15, 0.2) is 16.7 Å². The molecule has 1 fully saturated rings. The Morgan fingerprint density at radius 3 is 2.89 bits per heavy atom. The van der Waals surface area contributed by atoms with E-state index in [4.69, 9.17) is 14.3 Å². The molecule has 0 radical (unpaired) electrons. The molecule has 0 saturated carbocycles. The molecule has 0 aliphatic carbocycles. The van der Waals surface area contributed by atoms with Crippen LogP contribution in [0.2, 0.25) is 0 Å². The van der Waals surface area contributed by atoms with Crippen molar-refractivity contribution in [3.8, 4) is 0 Å². The molecule has 100 valence electrons. The molecule has 1 aliphatic rings. The Bertz CT molecular complexity index is 523. The number of aromatic carboxylic acids is 1. The number of carboxylic acids is 1. The van der Waals surface area contributed by atoms with Crippen molar-refractivity contribution in [2.24, 2.45) is 0 Å². The fourth-order valence-corrected chi connectivity index (χ4v) is 3.64. The zero-order valence-corrected chi connectivity index (χ0v) is 10.5. The average Bonchev–Trinajstić information content (AvgIpc) is 2.87. The fraction of sp³-hybridized carbons (Fsp3) is 0.545. The lowest BCUT2D eigenvalue weighted by molar-refractivity contribution is 0.0661. The lowest BCUT2D eigenvalue weighted by atomic mass is 10.3. The molecule has 1 aliphatic heterocycles. The monoisotopic (exact) mass is 274 g/mol. The molecule has 18 heavy (non-hydrogen) atoms. The summed E-state index contributed by atoms with van der Waals surface area (Å²) in [5.41, 5.74) is 0.181. The predicted molar refractivity (Wildman–Crippen MR) is 62.1 cm³/mol. The molecule has 1 saturated heterocycles. The van der Waals surface area contributed by atoms with Crippen LogP contribution in [0.3, 0.4) is 0 Å². The highest BCUT2D eigenvalue weighted by molar-refractivity contribution is 7.90. The Hall–Kier alpha value is -1.34. The van der Waals surface area contributed by atoms with Crippen LogP contribution in [-0.4, -0.2) is 38.0 Å². The maximum Gasteiger partial charge on any atom is 0.372 e. The van der Waals surface area contributed by atoms with Crippen molar-refractivity contribution >= 4 is 15.8 Å². The Morgan fingerprint density at radius 1 is 1.50 bits per heavy atom. The van der Waals surface area contributed by atoms with E-state index in [1.165, 1.54) is 12.3 Å². The van der Waals surface area contributed by atoms with Crippen LogP contribution in [0.1, 0.15) is 29.0 Å². The van der Waals surface area contributed by atoms with Crippen molar-refractivity contribution < 1.29 is 27.5 Å². The van der Waals surface area contributed by atoms with Gasteiger partial charge in [-0.2, -0.15) is 0 Å². The van der Waals surface area contributed by atoms with Crippen molar-refractivity contribution in [1.82, 2.24) is 0 Å². The summed E-state index contributed by atoms with van der Waals surface area (Å²) in [5.74, 6) is -1.98. The minimum absolute atomic E-state index is 0.0722. The molecule has 2 heterocycles. The number of hydrogen-bond donors (Lipinski definition) is 1. The van der Waals surface area contributed by atoms with E-state index < -0.39 is 15.8 Å². The van der Waals surface area contributed by atoms with E-state index in [0.717, 1.165) is 12.8 Å². The molecule has 7 heteroatoms. The van der Waals surface area contributed by atoms with Crippen LogP contribution < -0.4 is 0 Å².